The number of carbonyl (C=O) groups is 1. The minimum atomic E-state index is -0.842. The number of amides is 1. The van der Waals surface area contributed by atoms with Gasteiger partial charge < -0.3 is 15.5 Å². The predicted octanol–water partition coefficient (Wildman–Crippen LogP) is 4.44. The summed E-state index contributed by atoms with van der Waals surface area (Å²) in [7, 11) is 3.90. The lowest BCUT2D eigenvalue weighted by Crippen LogP contribution is -2.41. The van der Waals surface area contributed by atoms with Gasteiger partial charge in [-0.05, 0) is 56.4 Å². The fourth-order valence-corrected chi connectivity index (χ4v) is 4.15. The summed E-state index contributed by atoms with van der Waals surface area (Å²) >= 11 is 0. The highest BCUT2D eigenvalue weighted by molar-refractivity contribution is 5.95. The highest BCUT2D eigenvalue weighted by Crippen LogP contribution is 2.26. The molecule has 1 aliphatic rings. The van der Waals surface area contributed by atoms with E-state index < -0.39 is 23.1 Å². The van der Waals surface area contributed by atoms with E-state index in [-0.39, 0.29) is 17.6 Å². The Morgan fingerprint density at radius 3 is 2.41 bits per heavy atom. The maximum absolute atomic E-state index is 14.2. The van der Waals surface area contributed by atoms with Crippen molar-refractivity contribution in [1.29, 1.82) is 0 Å². The van der Waals surface area contributed by atoms with Gasteiger partial charge in [-0.3, -0.25) is 4.79 Å². The second kappa shape index (κ2) is 9.06. The maximum atomic E-state index is 14.2. The normalized spacial score (nSPS) is 18.4. The molecule has 3 aromatic rings. The molecule has 0 bridgehead atoms. The van der Waals surface area contributed by atoms with Crippen LogP contribution < -0.4 is 15.5 Å². The quantitative estimate of drug-likeness (QED) is 0.615. The average molecular weight is 440 g/mol. The molecule has 0 radical (unpaired) electrons. The molecule has 0 aliphatic heterocycles. The molecular formula is C24H27F2N5O. The minimum absolute atomic E-state index is 0.130. The summed E-state index contributed by atoms with van der Waals surface area (Å²) in [5.41, 5.74) is 0.611. The van der Waals surface area contributed by atoms with Gasteiger partial charge in [-0.1, -0.05) is 18.2 Å². The molecule has 1 aliphatic carbocycles. The molecule has 6 nitrogen and oxygen atoms in total. The summed E-state index contributed by atoms with van der Waals surface area (Å²) in [5.74, 6) is -0.923. The van der Waals surface area contributed by atoms with Gasteiger partial charge in [0.25, 0.3) is 5.91 Å². The van der Waals surface area contributed by atoms with Gasteiger partial charge in [0, 0.05) is 31.6 Å². The lowest BCUT2D eigenvalue weighted by molar-refractivity contribution is 0.0917. The number of benzene rings is 2. The van der Waals surface area contributed by atoms with Gasteiger partial charge in [0.15, 0.2) is 0 Å². The van der Waals surface area contributed by atoms with Crippen LogP contribution in [0.4, 0.5) is 20.5 Å². The topological polar surface area (TPSA) is 70.2 Å². The highest BCUT2D eigenvalue weighted by Gasteiger charge is 2.26. The van der Waals surface area contributed by atoms with Crippen LogP contribution in [0.5, 0.6) is 0 Å². The number of hydrogen-bond acceptors (Lipinski definition) is 5. The first-order chi connectivity index (χ1) is 15.3. The standard InChI is InChI=1S/C24H27F2N5O/c1-14-8-13-18(25)20(21(14)26)23(32)27-15-9-11-16(12-10-15)28-24-29-19-7-5-4-6-17(19)22(30-24)31(2)3/h4-8,13,15-16H,9-12H2,1-3H3,(H,27,32)(H,28,29,30). The molecule has 1 amide bonds. The molecule has 8 heteroatoms. The van der Waals surface area contributed by atoms with Crippen LogP contribution in [0, 0.1) is 18.6 Å². The van der Waals surface area contributed by atoms with Crippen molar-refractivity contribution in [2.45, 2.75) is 44.7 Å². The van der Waals surface area contributed by atoms with Crippen LogP contribution in [-0.2, 0) is 0 Å². The van der Waals surface area contributed by atoms with Gasteiger partial charge in [0.05, 0.1) is 5.52 Å². The third-order valence-corrected chi connectivity index (χ3v) is 5.91. The third kappa shape index (κ3) is 4.49. The zero-order valence-corrected chi connectivity index (χ0v) is 18.5. The number of nitrogens with zero attached hydrogens (tertiary/aromatic N) is 3. The van der Waals surface area contributed by atoms with Gasteiger partial charge in [0.1, 0.15) is 23.0 Å². The van der Waals surface area contributed by atoms with Crippen LogP contribution in [0.3, 0.4) is 0 Å². The van der Waals surface area contributed by atoms with Crippen LogP contribution in [0.25, 0.3) is 10.9 Å². The summed E-state index contributed by atoms with van der Waals surface area (Å²) in [6.45, 7) is 1.51. The van der Waals surface area contributed by atoms with Crippen molar-refractivity contribution in [3.8, 4) is 0 Å². The van der Waals surface area contributed by atoms with Crippen LogP contribution in [0.1, 0.15) is 41.6 Å². The Labute approximate surface area is 186 Å². The van der Waals surface area contributed by atoms with E-state index in [0.717, 1.165) is 35.6 Å². The number of fused-ring (bicyclic) bond motifs is 1. The maximum Gasteiger partial charge on any atom is 0.257 e. The minimum Gasteiger partial charge on any atom is -0.362 e. The van der Waals surface area contributed by atoms with Crippen LogP contribution >= 0.6 is 0 Å². The fourth-order valence-electron chi connectivity index (χ4n) is 4.15. The first kappa shape index (κ1) is 21.9. The fraction of sp³-hybridized carbons (Fsp3) is 0.375. The summed E-state index contributed by atoms with van der Waals surface area (Å²) < 4.78 is 28.3. The molecule has 1 saturated carbocycles. The van der Waals surface area contributed by atoms with E-state index in [4.69, 9.17) is 0 Å². The molecule has 0 unspecified atom stereocenters. The summed E-state index contributed by atoms with van der Waals surface area (Å²) in [5, 5.41) is 7.20. The molecule has 2 aromatic carbocycles. The van der Waals surface area contributed by atoms with Crippen LogP contribution in [0.2, 0.25) is 0 Å². The van der Waals surface area contributed by atoms with E-state index in [1.807, 2.05) is 43.3 Å². The Morgan fingerprint density at radius 2 is 1.69 bits per heavy atom. The molecule has 168 valence electrons. The number of aromatic nitrogens is 2. The van der Waals surface area contributed by atoms with Gasteiger partial charge in [-0.25, -0.2) is 13.8 Å². The second-order valence-electron chi connectivity index (χ2n) is 8.50. The van der Waals surface area contributed by atoms with Gasteiger partial charge in [0.2, 0.25) is 5.95 Å². The molecule has 1 heterocycles. The van der Waals surface area contributed by atoms with Crippen molar-refractivity contribution in [2.24, 2.45) is 0 Å². The summed E-state index contributed by atoms with van der Waals surface area (Å²) in [6.07, 6.45) is 2.98. The largest absolute Gasteiger partial charge is 0.362 e. The van der Waals surface area contributed by atoms with E-state index in [0.29, 0.717) is 18.8 Å². The number of carbonyl (C=O) groups excluding carboxylic acids is 1. The van der Waals surface area contributed by atoms with Crippen molar-refractivity contribution in [1.82, 2.24) is 15.3 Å². The lowest BCUT2D eigenvalue weighted by Gasteiger charge is -2.30. The van der Waals surface area contributed by atoms with Crippen molar-refractivity contribution in [3.63, 3.8) is 0 Å². The first-order valence-corrected chi connectivity index (χ1v) is 10.8. The number of halogens is 2. The molecule has 0 saturated heterocycles. The monoisotopic (exact) mass is 439 g/mol. The van der Waals surface area contributed by atoms with Gasteiger partial charge >= 0.3 is 0 Å². The molecule has 32 heavy (non-hydrogen) atoms. The van der Waals surface area contributed by atoms with E-state index >= 15 is 0 Å². The molecule has 0 atom stereocenters. The van der Waals surface area contributed by atoms with Gasteiger partial charge in [-0.2, -0.15) is 4.98 Å². The number of para-hydroxylation sites is 1. The van der Waals surface area contributed by atoms with Crippen molar-refractivity contribution in [3.05, 3.63) is 59.2 Å². The number of anilines is 2. The molecular weight excluding hydrogens is 412 g/mol. The van der Waals surface area contributed by atoms with E-state index in [1.54, 1.807) is 0 Å². The van der Waals surface area contributed by atoms with E-state index in [9.17, 15) is 13.6 Å². The second-order valence-corrected chi connectivity index (χ2v) is 8.50. The number of hydrogen-bond donors (Lipinski definition) is 2. The Hall–Kier alpha value is -3.29. The molecule has 4 rings (SSSR count). The zero-order chi connectivity index (χ0) is 22.8. The molecule has 0 spiro atoms. The average Bonchev–Trinajstić information content (AvgIpc) is 2.77. The first-order valence-electron chi connectivity index (χ1n) is 10.8. The van der Waals surface area contributed by atoms with Crippen molar-refractivity contribution in [2.75, 3.05) is 24.3 Å². The van der Waals surface area contributed by atoms with Gasteiger partial charge in [-0.15, -0.1) is 0 Å². The molecule has 2 N–H and O–H groups in total. The van der Waals surface area contributed by atoms with E-state index in [1.165, 1.54) is 13.0 Å². The van der Waals surface area contributed by atoms with Crippen LogP contribution in [0.15, 0.2) is 36.4 Å². The Balaban J connectivity index is 1.40. The molecule has 1 aromatic heterocycles. The summed E-state index contributed by atoms with van der Waals surface area (Å²) in [4.78, 5) is 23.8. The predicted molar refractivity (Wildman–Crippen MR) is 122 cm³/mol. The zero-order valence-electron chi connectivity index (χ0n) is 18.5. The number of nitrogens with one attached hydrogen (secondary N) is 2. The van der Waals surface area contributed by atoms with Crippen molar-refractivity contribution < 1.29 is 13.6 Å². The third-order valence-electron chi connectivity index (χ3n) is 5.91. The smallest absolute Gasteiger partial charge is 0.257 e. The van der Waals surface area contributed by atoms with E-state index in [2.05, 4.69) is 20.6 Å². The number of rotatable bonds is 5. The van der Waals surface area contributed by atoms with Crippen LogP contribution in [-0.4, -0.2) is 42.1 Å². The molecule has 1 fully saturated rings. The highest BCUT2D eigenvalue weighted by atomic mass is 19.1. The lowest BCUT2D eigenvalue weighted by atomic mass is 9.91. The Morgan fingerprint density at radius 1 is 1.00 bits per heavy atom. The number of aryl methyl sites for hydroxylation is 1. The Kier molecular flexibility index (Phi) is 6.21. The van der Waals surface area contributed by atoms with Crippen molar-refractivity contribution >= 4 is 28.6 Å². The SMILES string of the molecule is Cc1ccc(F)c(C(=O)NC2CCC(Nc3nc(N(C)C)c4ccccc4n3)CC2)c1F. The summed E-state index contributed by atoms with van der Waals surface area (Å²) in [6, 6.07) is 10.4. The Bertz CT molecular complexity index is 1140.